The third-order valence-electron chi connectivity index (χ3n) is 3.59. The molecule has 1 aliphatic rings. The van der Waals surface area contributed by atoms with Crippen LogP contribution in [-0.2, 0) is 0 Å². The molecule has 3 rings (SSSR count). The Morgan fingerprint density at radius 1 is 1.38 bits per heavy atom. The summed E-state index contributed by atoms with van der Waals surface area (Å²) in [4.78, 5) is 4.60. The Balaban J connectivity index is 2.29. The van der Waals surface area contributed by atoms with Gasteiger partial charge in [0.25, 0.3) is 0 Å². The second-order valence-corrected chi connectivity index (χ2v) is 4.96. The highest BCUT2D eigenvalue weighted by Crippen LogP contribution is 2.38. The number of fused-ring (bicyclic) bond motifs is 1. The number of nitrogens with zero attached hydrogens (tertiary/aromatic N) is 3. The minimum absolute atomic E-state index is 0.565. The van der Waals surface area contributed by atoms with Gasteiger partial charge in [0.2, 0.25) is 0 Å². The van der Waals surface area contributed by atoms with Gasteiger partial charge in [-0.25, -0.2) is 9.50 Å². The summed E-state index contributed by atoms with van der Waals surface area (Å²) < 4.78 is 1.88. The van der Waals surface area contributed by atoms with Gasteiger partial charge in [0.05, 0.1) is 11.4 Å². The lowest BCUT2D eigenvalue weighted by molar-refractivity contribution is 0.420. The lowest BCUT2D eigenvalue weighted by Crippen LogP contribution is -2.11. The maximum atomic E-state index is 6.07. The van der Waals surface area contributed by atoms with Crippen molar-refractivity contribution < 1.29 is 0 Å². The van der Waals surface area contributed by atoms with Crippen LogP contribution >= 0.6 is 11.6 Å². The highest BCUT2D eigenvalue weighted by Gasteiger charge is 2.24. The first-order valence-electron chi connectivity index (χ1n) is 5.69. The van der Waals surface area contributed by atoms with E-state index in [2.05, 4.69) is 10.1 Å². The van der Waals surface area contributed by atoms with Gasteiger partial charge < -0.3 is 0 Å². The van der Waals surface area contributed by atoms with Gasteiger partial charge in [-0.1, -0.05) is 18.0 Å². The summed E-state index contributed by atoms with van der Waals surface area (Å²) in [5.41, 5.74) is 4.37. The quantitative estimate of drug-likeness (QED) is 0.760. The van der Waals surface area contributed by atoms with E-state index >= 15 is 0 Å². The number of halogens is 1. The number of rotatable bonds is 1. The van der Waals surface area contributed by atoms with Gasteiger partial charge in [0, 0.05) is 5.56 Å². The molecule has 0 N–H and O–H groups in total. The van der Waals surface area contributed by atoms with Crippen LogP contribution in [0.25, 0.3) is 5.65 Å². The summed E-state index contributed by atoms with van der Waals surface area (Å²) in [5.74, 6) is 0.629. The molecule has 3 nitrogen and oxygen atoms in total. The molecule has 0 unspecified atom stereocenters. The van der Waals surface area contributed by atoms with Gasteiger partial charge in [-0.15, -0.1) is 0 Å². The minimum atomic E-state index is 0.565. The van der Waals surface area contributed by atoms with Crippen molar-refractivity contribution in [2.45, 2.75) is 39.0 Å². The van der Waals surface area contributed by atoms with Crippen LogP contribution in [0.2, 0.25) is 5.15 Å². The van der Waals surface area contributed by atoms with Crippen molar-refractivity contribution in [3.8, 4) is 0 Å². The van der Waals surface area contributed by atoms with E-state index in [0.717, 1.165) is 17.0 Å². The monoisotopic (exact) mass is 235 g/mol. The van der Waals surface area contributed by atoms with E-state index in [1.165, 1.54) is 24.8 Å². The zero-order valence-corrected chi connectivity index (χ0v) is 10.3. The highest BCUT2D eigenvalue weighted by molar-refractivity contribution is 6.29. The molecule has 16 heavy (non-hydrogen) atoms. The smallest absolute Gasteiger partial charge is 0.157 e. The maximum Gasteiger partial charge on any atom is 0.157 e. The molecular formula is C12H14ClN3. The van der Waals surface area contributed by atoms with Crippen molar-refractivity contribution in [2.75, 3.05) is 0 Å². The van der Waals surface area contributed by atoms with E-state index in [0.29, 0.717) is 11.1 Å². The Kier molecular flexibility index (Phi) is 2.18. The average Bonchev–Trinajstić information content (AvgIpc) is 2.42. The fourth-order valence-electron chi connectivity index (χ4n) is 2.25. The van der Waals surface area contributed by atoms with Gasteiger partial charge in [-0.3, -0.25) is 0 Å². The topological polar surface area (TPSA) is 30.2 Å². The molecule has 0 bridgehead atoms. The first kappa shape index (κ1) is 10.1. The van der Waals surface area contributed by atoms with Gasteiger partial charge in [-0.2, -0.15) is 5.10 Å². The van der Waals surface area contributed by atoms with Crippen LogP contribution in [0, 0.1) is 13.8 Å². The molecule has 0 spiro atoms. The minimum Gasteiger partial charge on any atom is -0.232 e. The summed E-state index contributed by atoms with van der Waals surface area (Å²) in [6, 6.07) is 1.98. The average molecular weight is 236 g/mol. The number of aryl methyl sites for hydroxylation is 2. The summed E-state index contributed by atoms with van der Waals surface area (Å²) in [6.45, 7) is 4.05. The summed E-state index contributed by atoms with van der Waals surface area (Å²) in [7, 11) is 0. The maximum absolute atomic E-state index is 6.07. The standard InChI is InChI=1S/C12H14ClN3/c1-7-8(2)16-12(14-7)10(6-11(13)15-16)9-4-3-5-9/h6,9H,3-5H2,1-2H3. The molecule has 0 saturated heterocycles. The molecule has 2 aromatic rings. The Labute approximate surface area is 99.4 Å². The first-order chi connectivity index (χ1) is 7.66. The SMILES string of the molecule is Cc1nc2c(C3CCC3)cc(Cl)nn2c1C. The van der Waals surface area contributed by atoms with E-state index in [1.807, 2.05) is 24.4 Å². The molecule has 0 aliphatic heterocycles. The van der Waals surface area contributed by atoms with E-state index in [4.69, 9.17) is 11.6 Å². The lowest BCUT2D eigenvalue weighted by Gasteiger charge is -2.25. The fraction of sp³-hybridized carbons (Fsp3) is 0.500. The Hall–Kier alpha value is -1.09. The molecular weight excluding hydrogens is 222 g/mol. The van der Waals surface area contributed by atoms with Gasteiger partial charge in [0.15, 0.2) is 5.65 Å². The molecule has 0 atom stereocenters. The molecule has 1 fully saturated rings. The number of aromatic nitrogens is 3. The van der Waals surface area contributed by atoms with Crippen molar-refractivity contribution in [1.29, 1.82) is 0 Å². The molecule has 1 aliphatic carbocycles. The van der Waals surface area contributed by atoms with Crippen LogP contribution in [-0.4, -0.2) is 14.6 Å². The Bertz CT molecular complexity index is 555. The zero-order valence-electron chi connectivity index (χ0n) is 9.50. The molecule has 0 aromatic carbocycles. The molecule has 2 heterocycles. The van der Waals surface area contributed by atoms with E-state index in [1.54, 1.807) is 0 Å². The molecule has 2 aromatic heterocycles. The predicted molar refractivity (Wildman–Crippen MR) is 64.1 cm³/mol. The number of hydrogen-bond donors (Lipinski definition) is 0. The summed E-state index contributed by atoms with van der Waals surface area (Å²) in [6.07, 6.45) is 3.82. The molecule has 0 radical (unpaired) electrons. The van der Waals surface area contributed by atoms with Crippen LogP contribution in [0.4, 0.5) is 0 Å². The van der Waals surface area contributed by atoms with Gasteiger partial charge in [-0.05, 0) is 38.7 Å². The number of hydrogen-bond acceptors (Lipinski definition) is 2. The lowest BCUT2D eigenvalue weighted by atomic mass is 9.80. The normalized spacial score (nSPS) is 16.7. The van der Waals surface area contributed by atoms with E-state index < -0.39 is 0 Å². The Morgan fingerprint density at radius 2 is 2.12 bits per heavy atom. The van der Waals surface area contributed by atoms with Crippen molar-refractivity contribution in [3.05, 3.63) is 28.2 Å². The van der Waals surface area contributed by atoms with Gasteiger partial charge in [0.1, 0.15) is 5.15 Å². The first-order valence-corrected chi connectivity index (χ1v) is 6.07. The number of imidazole rings is 1. The molecule has 84 valence electrons. The summed E-state index contributed by atoms with van der Waals surface area (Å²) in [5, 5.41) is 4.88. The van der Waals surface area contributed by atoms with Crippen molar-refractivity contribution in [3.63, 3.8) is 0 Å². The molecule has 0 amide bonds. The van der Waals surface area contributed by atoms with Crippen LogP contribution < -0.4 is 0 Å². The molecule has 1 saturated carbocycles. The van der Waals surface area contributed by atoms with Crippen molar-refractivity contribution >= 4 is 17.2 Å². The van der Waals surface area contributed by atoms with Crippen LogP contribution in [0.1, 0.15) is 42.1 Å². The van der Waals surface area contributed by atoms with E-state index in [9.17, 15) is 0 Å². The Morgan fingerprint density at radius 3 is 2.75 bits per heavy atom. The van der Waals surface area contributed by atoms with E-state index in [-0.39, 0.29) is 0 Å². The highest BCUT2D eigenvalue weighted by atomic mass is 35.5. The third kappa shape index (κ3) is 1.34. The third-order valence-corrected chi connectivity index (χ3v) is 3.77. The molecule has 4 heteroatoms. The fourth-order valence-corrected chi connectivity index (χ4v) is 2.44. The van der Waals surface area contributed by atoms with Crippen LogP contribution in [0.5, 0.6) is 0 Å². The van der Waals surface area contributed by atoms with Gasteiger partial charge >= 0.3 is 0 Å². The predicted octanol–water partition coefficient (Wildman–Crippen LogP) is 3.27. The zero-order chi connectivity index (χ0) is 11.3. The van der Waals surface area contributed by atoms with Crippen LogP contribution in [0.3, 0.4) is 0 Å². The van der Waals surface area contributed by atoms with Crippen LogP contribution in [0.15, 0.2) is 6.07 Å². The second-order valence-electron chi connectivity index (χ2n) is 4.57. The second kappa shape index (κ2) is 3.45. The van der Waals surface area contributed by atoms with Crippen molar-refractivity contribution in [1.82, 2.24) is 14.6 Å². The summed E-state index contributed by atoms with van der Waals surface area (Å²) >= 11 is 6.07. The largest absolute Gasteiger partial charge is 0.232 e. The van der Waals surface area contributed by atoms with Crippen molar-refractivity contribution in [2.24, 2.45) is 0 Å².